The Balaban J connectivity index is 0.00000420. The minimum atomic E-state index is -0.333. The van der Waals surface area contributed by atoms with Crippen LogP contribution < -0.4 is 20.7 Å². The number of benzene rings is 2. The first-order valence-corrected chi connectivity index (χ1v) is 9.36. The van der Waals surface area contributed by atoms with Crippen molar-refractivity contribution in [2.24, 2.45) is 4.99 Å². The van der Waals surface area contributed by atoms with E-state index < -0.39 is 0 Å². The zero-order valence-corrected chi connectivity index (χ0v) is 19.0. The second-order valence-electron chi connectivity index (χ2n) is 6.15. The van der Waals surface area contributed by atoms with Crippen LogP contribution in [0.25, 0.3) is 0 Å². The summed E-state index contributed by atoms with van der Waals surface area (Å²) in [4.78, 5) is 16.5. The van der Waals surface area contributed by atoms with Crippen molar-refractivity contribution in [1.82, 2.24) is 16.0 Å². The summed E-state index contributed by atoms with van der Waals surface area (Å²) in [7, 11) is 0. The molecule has 2 aromatic rings. The van der Waals surface area contributed by atoms with E-state index in [2.05, 4.69) is 20.9 Å². The van der Waals surface area contributed by atoms with Gasteiger partial charge in [-0.25, -0.2) is 9.38 Å². The molecule has 2 aromatic carbocycles. The summed E-state index contributed by atoms with van der Waals surface area (Å²) in [5, 5.41) is 9.16. The van der Waals surface area contributed by atoms with E-state index in [4.69, 9.17) is 4.74 Å². The van der Waals surface area contributed by atoms with E-state index in [0.717, 1.165) is 0 Å². The second kappa shape index (κ2) is 13.8. The van der Waals surface area contributed by atoms with Gasteiger partial charge in [0, 0.05) is 31.3 Å². The lowest BCUT2D eigenvalue weighted by atomic mass is 10.2. The Morgan fingerprint density at radius 3 is 2.48 bits per heavy atom. The molecule has 0 heterocycles. The summed E-state index contributed by atoms with van der Waals surface area (Å²) in [5.74, 6) is 0.664. The molecule has 0 aliphatic carbocycles. The van der Waals surface area contributed by atoms with E-state index in [9.17, 15) is 9.18 Å². The maximum Gasteiger partial charge on any atom is 0.251 e. The highest BCUT2D eigenvalue weighted by molar-refractivity contribution is 14.0. The van der Waals surface area contributed by atoms with Crippen LogP contribution in [0.1, 0.15) is 24.2 Å². The van der Waals surface area contributed by atoms with Crippen LogP contribution in [0.15, 0.2) is 59.6 Å². The van der Waals surface area contributed by atoms with Gasteiger partial charge in [0.2, 0.25) is 0 Å². The molecule has 0 radical (unpaired) electrons. The first kappa shape index (κ1) is 24.7. The fraction of sp³-hybridized carbons (Fsp3) is 0.333. The Hall–Kier alpha value is -2.36. The third-order valence-electron chi connectivity index (χ3n) is 3.72. The van der Waals surface area contributed by atoms with Gasteiger partial charge in [-0.05, 0) is 38.1 Å². The van der Waals surface area contributed by atoms with Gasteiger partial charge in [-0.2, -0.15) is 0 Å². The molecule has 0 saturated carbocycles. The Kier molecular flexibility index (Phi) is 11.7. The minimum absolute atomic E-state index is 0. The predicted octanol–water partition coefficient (Wildman–Crippen LogP) is 3.20. The van der Waals surface area contributed by atoms with Crippen molar-refractivity contribution in [3.05, 3.63) is 66.0 Å². The molecule has 1 amide bonds. The van der Waals surface area contributed by atoms with Crippen molar-refractivity contribution in [3.8, 4) is 5.75 Å². The second-order valence-corrected chi connectivity index (χ2v) is 6.15. The molecule has 6 nitrogen and oxygen atoms in total. The van der Waals surface area contributed by atoms with Gasteiger partial charge in [-0.15, -0.1) is 24.0 Å². The van der Waals surface area contributed by atoms with Crippen LogP contribution in [-0.2, 0) is 0 Å². The minimum Gasteiger partial charge on any atom is -0.489 e. The van der Waals surface area contributed by atoms with Crippen LogP contribution in [0.2, 0.25) is 0 Å². The van der Waals surface area contributed by atoms with Crippen LogP contribution in [0.5, 0.6) is 5.75 Å². The lowest BCUT2D eigenvalue weighted by Gasteiger charge is -2.15. The SMILES string of the molecule is CCNC(=NCC(C)Oc1cccc(F)c1)NCCNC(=O)c1ccccc1.I. The van der Waals surface area contributed by atoms with Crippen molar-refractivity contribution in [3.63, 3.8) is 0 Å². The molecule has 3 N–H and O–H groups in total. The average molecular weight is 514 g/mol. The number of hydrogen-bond donors (Lipinski definition) is 3. The summed E-state index contributed by atoms with van der Waals surface area (Å²) in [6.45, 7) is 5.96. The molecule has 0 aromatic heterocycles. The lowest BCUT2D eigenvalue weighted by molar-refractivity contribution is 0.0954. The Labute approximate surface area is 188 Å². The highest BCUT2D eigenvalue weighted by atomic mass is 127. The Morgan fingerprint density at radius 2 is 1.79 bits per heavy atom. The summed E-state index contributed by atoms with van der Waals surface area (Å²) >= 11 is 0. The highest BCUT2D eigenvalue weighted by Gasteiger charge is 2.06. The Morgan fingerprint density at radius 1 is 1.07 bits per heavy atom. The number of ether oxygens (including phenoxy) is 1. The molecule has 2 rings (SSSR count). The summed E-state index contributed by atoms with van der Waals surface area (Å²) < 4.78 is 18.9. The van der Waals surface area contributed by atoms with E-state index >= 15 is 0 Å². The van der Waals surface area contributed by atoms with Gasteiger partial charge in [-0.1, -0.05) is 24.3 Å². The van der Waals surface area contributed by atoms with Crippen LogP contribution in [0, 0.1) is 5.82 Å². The molecule has 1 atom stereocenters. The van der Waals surface area contributed by atoms with Gasteiger partial charge < -0.3 is 20.7 Å². The number of guanidine groups is 1. The fourth-order valence-corrected chi connectivity index (χ4v) is 2.42. The van der Waals surface area contributed by atoms with Gasteiger partial charge in [0.1, 0.15) is 17.7 Å². The van der Waals surface area contributed by atoms with E-state index in [1.54, 1.807) is 24.3 Å². The smallest absolute Gasteiger partial charge is 0.251 e. The largest absolute Gasteiger partial charge is 0.489 e. The van der Waals surface area contributed by atoms with E-state index in [0.29, 0.717) is 43.5 Å². The molecular weight excluding hydrogens is 486 g/mol. The first-order chi connectivity index (χ1) is 13.6. The zero-order valence-electron chi connectivity index (χ0n) is 16.7. The molecule has 158 valence electrons. The van der Waals surface area contributed by atoms with Crippen LogP contribution in [-0.4, -0.2) is 44.1 Å². The van der Waals surface area contributed by atoms with Crippen LogP contribution >= 0.6 is 24.0 Å². The molecular formula is C21H28FIN4O2. The van der Waals surface area contributed by atoms with Crippen molar-refractivity contribution >= 4 is 35.8 Å². The van der Waals surface area contributed by atoms with Gasteiger partial charge in [0.15, 0.2) is 5.96 Å². The monoisotopic (exact) mass is 514 g/mol. The van der Waals surface area contributed by atoms with Gasteiger partial charge in [0.25, 0.3) is 5.91 Å². The van der Waals surface area contributed by atoms with Crippen molar-refractivity contribution in [2.45, 2.75) is 20.0 Å². The summed E-state index contributed by atoms with van der Waals surface area (Å²) in [5.41, 5.74) is 0.631. The van der Waals surface area contributed by atoms with Crippen molar-refractivity contribution in [2.75, 3.05) is 26.2 Å². The molecule has 0 bridgehead atoms. The molecule has 0 fully saturated rings. The average Bonchev–Trinajstić information content (AvgIpc) is 2.69. The van der Waals surface area contributed by atoms with E-state index in [1.807, 2.05) is 32.0 Å². The molecule has 0 aliphatic rings. The number of carbonyl (C=O) groups is 1. The number of aliphatic imine (C=N–C) groups is 1. The predicted molar refractivity (Wildman–Crippen MR) is 125 cm³/mol. The maximum atomic E-state index is 13.2. The molecule has 1 unspecified atom stereocenters. The van der Waals surface area contributed by atoms with Crippen LogP contribution in [0.3, 0.4) is 0 Å². The van der Waals surface area contributed by atoms with Gasteiger partial charge in [0.05, 0.1) is 6.54 Å². The molecule has 0 saturated heterocycles. The standard InChI is InChI=1S/C21H27FN4O2.HI/c1-3-23-21(25-13-12-24-20(27)17-8-5-4-6-9-17)26-15-16(2)28-19-11-7-10-18(22)14-19;/h4-11,14,16H,3,12-13,15H2,1-2H3,(H,24,27)(H2,23,25,26);1H. The Bertz CT molecular complexity index is 774. The third-order valence-corrected chi connectivity index (χ3v) is 3.72. The lowest BCUT2D eigenvalue weighted by Crippen LogP contribution is -2.42. The zero-order chi connectivity index (χ0) is 20.2. The molecule has 0 spiro atoms. The topological polar surface area (TPSA) is 74.8 Å². The number of amides is 1. The number of halogens is 2. The first-order valence-electron chi connectivity index (χ1n) is 9.36. The number of hydrogen-bond acceptors (Lipinski definition) is 3. The number of nitrogens with one attached hydrogen (secondary N) is 3. The molecule has 8 heteroatoms. The number of nitrogens with zero attached hydrogens (tertiary/aromatic N) is 1. The summed E-state index contributed by atoms with van der Waals surface area (Å²) in [6.07, 6.45) is -0.213. The van der Waals surface area contributed by atoms with E-state index in [1.165, 1.54) is 12.1 Å². The molecule has 0 aliphatic heterocycles. The number of carbonyl (C=O) groups excluding carboxylic acids is 1. The maximum absolute atomic E-state index is 13.2. The fourth-order valence-electron chi connectivity index (χ4n) is 2.42. The van der Waals surface area contributed by atoms with Crippen molar-refractivity contribution in [1.29, 1.82) is 0 Å². The summed E-state index contributed by atoms with van der Waals surface area (Å²) in [6, 6.07) is 15.1. The van der Waals surface area contributed by atoms with Crippen molar-refractivity contribution < 1.29 is 13.9 Å². The van der Waals surface area contributed by atoms with Gasteiger partial charge >= 0.3 is 0 Å². The molecule has 29 heavy (non-hydrogen) atoms. The quantitative estimate of drug-likeness (QED) is 0.208. The normalized spacial score (nSPS) is 11.8. The van der Waals surface area contributed by atoms with Gasteiger partial charge in [-0.3, -0.25) is 4.79 Å². The number of rotatable bonds is 9. The van der Waals surface area contributed by atoms with E-state index in [-0.39, 0.29) is 41.8 Å². The van der Waals surface area contributed by atoms with Crippen LogP contribution in [0.4, 0.5) is 4.39 Å². The highest BCUT2D eigenvalue weighted by Crippen LogP contribution is 2.13. The third kappa shape index (κ3) is 9.60.